The predicted octanol–water partition coefficient (Wildman–Crippen LogP) is 3.79. The Balaban J connectivity index is 2.88. The fraction of sp³-hybridized carbons (Fsp3) is 0. The molecule has 2 rings (SSSR count). The fourth-order valence-corrected chi connectivity index (χ4v) is 1.62. The highest BCUT2D eigenvalue weighted by Crippen LogP contribution is 2.29. The molecule has 1 aromatic heterocycles. The molecule has 5 heteroatoms. The summed E-state index contributed by atoms with van der Waals surface area (Å²) in [5, 5.41) is 0.989. The van der Waals surface area contributed by atoms with Crippen molar-refractivity contribution in [2.75, 3.05) is 0 Å². The third-order valence-electron chi connectivity index (χ3n) is 1.38. The van der Waals surface area contributed by atoms with Gasteiger partial charge in [0.1, 0.15) is 5.52 Å². The fourth-order valence-electron chi connectivity index (χ4n) is 0.933. The highest BCUT2D eigenvalue weighted by molar-refractivity contribution is 6.38. The summed E-state index contributed by atoms with van der Waals surface area (Å²) in [4.78, 5) is 3.86. The van der Waals surface area contributed by atoms with Crippen molar-refractivity contribution in [3.63, 3.8) is 0 Å². The molecule has 1 heterocycles. The van der Waals surface area contributed by atoms with Crippen LogP contribution in [0.3, 0.4) is 0 Å². The second kappa shape index (κ2) is 2.80. The van der Waals surface area contributed by atoms with E-state index >= 15 is 0 Å². The van der Waals surface area contributed by atoms with Crippen LogP contribution < -0.4 is 0 Å². The maximum absolute atomic E-state index is 5.80. The highest BCUT2D eigenvalue weighted by atomic mass is 35.5. The van der Waals surface area contributed by atoms with E-state index in [9.17, 15) is 0 Å². The van der Waals surface area contributed by atoms with Crippen LogP contribution in [0.1, 0.15) is 0 Å². The number of benzene rings is 1. The Morgan fingerprint density at radius 2 is 1.92 bits per heavy atom. The van der Waals surface area contributed by atoms with E-state index in [1.165, 1.54) is 0 Å². The second-order valence-electron chi connectivity index (χ2n) is 2.20. The Morgan fingerprint density at radius 1 is 1.17 bits per heavy atom. The van der Waals surface area contributed by atoms with Crippen molar-refractivity contribution < 1.29 is 4.42 Å². The first kappa shape index (κ1) is 8.17. The van der Waals surface area contributed by atoms with Crippen LogP contribution in [-0.2, 0) is 0 Å². The molecular formula is C7H2Cl3NO. The van der Waals surface area contributed by atoms with Gasteiger partial charge in [0.15, 0.2) is 5.58 Å². The average Bonchev–Trinajstić information content (AvgIpc) is 2.29. The first-order valence-corrected chi connectivity index (χ1v) is 4.21. The van der Waals surface area contributed by atoms with Crippen LogP contribution in [0.5, 0.6) is 0 Å². The molecule has 0 atom stereocenters. The molecule has 0 unspecified atom stereocenters. The first-order chi connectivity index (χ1) is 5.66. The van der Waals surface area contributed by atoms with E-state index in [4.69, 9.17) is 39.2 Å². The lowest BCUT2D eigenvalue weighted by molar-refractivity contribution is 0.604. The largest absolute Gasteiger partial charge is 0.426 e. The van der Waals surface area contributed by atoms with Crippen LogP contribution in [0, 0.1) is 0 Å². The van der Waals surface area contributed by atoms with Crippen molar-refractivity contribution in [3.05, 3.63) is 27.5 Å². The Kier molecular flexibility index (Phi) is 1.91. The SMILES string of the molecule is Clc1cc(Cl)c2oc(Cl)nc2c1. The summed E-state index contributed by atoms with van der Waals surface area (Å²) >= 11 is 17.1. The smallest absolute Gasteiger partial charge is 0.293 e. The molecule has 2 aromatic rings. The third-order valence-corrected chi connectivity index (χ3v) is 2.04. The molecule has 62 valence electrons. The molecule has 0 radical (unpaired) electrons. The van der Waals surface area contributed by atoms with Crippen molar-refractivity contribution in [2.24, 2.45) is 0 Å². The summed E-state index contributed by atoms with van der Waals surface area (Å²) in [5.74, 6) is 0. The average molecular weight is 222 g/mol. The van der Waals surface area contributed by atoms with Gasteiger partial charge in [-0.25, -0.2) is 0 Å². The van der Waals surface area contributed by atoms with E-state index in [1.54, 1.807) is 12.1 Å². The number of aromatic nitrogens is 1. The number of nitrogens with zero attached hydrogens (tertiary/aromatic N) is 1. The van der Waals surface area contributed by atoms with Crippen LogP contribution in [0.2, 0.25) is 15.4 Å². The maximum atomic E-state index is 5.80. The van der Waals surface area contributed by atoms with Gasteiger partial charge in [-0.1, -0.05) is 23.2 Å². The van der Waals surface area contributed by atoms with Gasteiger partial charge in [0, 0.05) is 5.02 Å². The molecule has 0 spiro atoms. The molecule has 2 nitrogen and oxygen atoms in total. The van der Waals surface area contributed by atoms with Crippen molar-refractivity contribution in [1.29, 1.82) is 0 Å². The van der Waals surface area contributed by atoms with Crippen LogP contribution in [-0.4, -0.2) is 4.98 Å². The minimum Gasteiger partial charge on any atom is -0.426 e. The Labute approximate surface area is 83.0 Å². The zero-order valence-corrected chi connectivity index (χ0v) is 7.91. The molecule has 0 fully saturated rings. The lowest BCUT2D eigenvalue weighted by Crippen LogP contribution is -1.70. The van der Waals surface area contributed by atoms with Gasteiger partial charge in [0.25, 0.3) is 5.35 Å². The highest BCUT2D eigenvalue weighted by Gasteiger charge is 2.08. The minimum atomic E-state index is 0.0640. The van der Waals surface area contributed by atoms with Gasteiger partial charge in [-0.2, -0.15) is 4.98 Å². The summed E-state index contributed by atoms with van der Waals surface area (Å²) < 4.78 is 5.02. The molecule has 0 saturated heterocycles. The number of oxazole rings is 1. The van der Waals surface area contributed by atoms with Gasteiger partial charge < -0.3 is 4.42 Å². The number of rotatable bonds is 0. The number of hydrogen-bond acceptors (Lipinski definition) is 2. The summed E-state index contributed by atoms with van der Waals surface area (Å²) in [7, 11) is 0. The summed E-state index contributed by atoms with van der Waals surface area (Å²) in [6.45, 7) is 0. The molecule has 0 aliphatic rings. The van der Waals surface area contributed by atoms with E-state index in [1.807, 2.05) is 0 Å². The van der Waals surface area contributed by atoms with Gasteiger partial charge in [-0.05, 0) is 23.7 Å². The molecule has 0 amide bonds. The molecule has 0 aliphatic carbocycles. The number of hydrogen-bond donors (Lipinski definition) is 0. The Hall–Kier alpha value is -0.440. The maximum Gasteiger partial charge on any atom is 0.293 e. The number of halogens is 3. The van der Waals surface area contributed by atoms with Crippen molar-refractivity contribution in [1.82, 2.24) is 4.98 Å². The van der Waals surface area contributed by atoms with E-state index in [0.29, 0.717) is 21.1 Å². The zero-order chi connectivity index (χ0) is 8.72. The molecule has 1 aromatic carbocycles. The molecule has 0 saturated carbocycles. The quantitative estimate of drug-likeness (QED) is 0.678. The summed E-state index contributed by atoms with van der Waals surface area (Å²) in [6.07, 6.45) is 0. The lowest BCUT2D eigenvalue weighted by Gasteiger charge is -1.91. The zero-order valence-electron chi connectivity index (χ0n) is 5.64. The van der Waals surface area contributed by atoms with Crippen molar-refractivity contribution >= 4 is 45.9 Å². The molecule has 12 heavy (non-hydrogen) atoms. The van der Waals surface area contributed by atoms with Crippen LogP contribution in [0.4, 0.5) is 0 Å². The van der Waals surface area contributed by atoms with Crippen LogP contribution >= 0.6 is 34.8 Å². The summed E-state index contributed by atoms with van der Waals surface area (Å²) in [5.41, 5.74) is 1.03. The standard InChI is InChI=1S/C7H2Cl3NO/c8-3-1-4(9)6-5(2-3)11-7(10)12-6/h1-2H. The van der Waals surface area contributed by atoms with E-state index in [2.05, 4.69) is 4.98 Å². The van der Waals surface area contributed by atoms with Crippen molar-refractivity contribution in [3.8, 4) is 0 Å². The number of fused-ring (bicyclic) bond motifs is 1. The first-order valence-electron chi connectivity index (χ1n) is 3.08. The topological polar surface area (TPSA) is 26.0 Å². The molecular weight excluding hydrogens is 220 g/mol. The van der Waals surface area contributed by atoms with Gasteiger partial charge in [-0.15, -0.1) is 0 Å². The Bertz CT molecular complexity index is 437. The van der Waals surface area contributed by atoms with E-state index < -0.39 is 0 Å². The van der Waals surface area contributed by atoms with Gasteiger partial charge in [0.05, 0.1) is 5.02 Å². The third kappa shape index (κ3) is 1.26. The van der Waals surface area contributed by atoms with Crippen LogP contribution in [0.15, 0.2) is 16.5 Å². The molecule has 0 N–H and O–H groups in total. The lowest BCUT2D eigenvalue weighted by atomic mass is 10.3. The van der Waals surface area contributed by atoms with E-state index in [-0.39, 0.29) is 5.35 Å². The molecule has 0 aliphatic heterocycles. The predicted molar refractivity (Wildman–Crippen MR) is 49.0 cm³/mol. The van der Waals surface area contributed by atoms with Crippen LogP contribution in [0.25, 0.3) is 11.1 Å². The monoisotopic (exact) mass is 221 g/mol. The Morgan fingerprint density at radius 3 is 2.67 bits per heavy atom. The van der Waals surface area contributed by atoms with E-state index in [0.717, 1.165) is 0 Å². The molecule has 0 bridgehead atoms. The van der Waals surface area contributed by atoms with Gasteiger partial charge >= 0.3 is 0 Å². The second-order valence-corrected chi connectivity index (χ2v) is 3.37. The minimum absolute atomic E-state index is 0.0640. The van der Waals surface area contributed by atoms with Gasteiger partial charge in [-0.3, -0.25) is 0 Å². The normalized spacial score (nSPS) is 10.9. The van der Waals surface area contributed by atoms with Gasteiger partial charge in [0.2, 0.25) is 0 Å². The van der Waals surface area contributed by atoms with Crippen molar-refractivity contribution in [2.45, 2.75) is 0 Å². The summed E-state index contributed by atoms with van der Waals surface area (Å²) in [6, 6.07) is 3.21.